The Hall–Kier alpha value is -2.18. The number of hydrogen-bond donors (Lipinski definition) is 2. The number of sulfonamides is 1. The molecule has 25 heavy (non-hydrogen) atoms. The normalized spacial score (nSPS) is 14.2. The van der Waals surface area contributed by atoms with Crippen LogP contribution in [0.25, 0.3) is 0 Å². The molecule has 1 saturated carbocycles. The Morgan fingerprint density at radius 2 is 1.68 bits per heavy atom. The van der Waals surface area contributed by atoms with E-state index in [2.05, 4.69) is 22.2 Å². The van der Waals surface area contributed by atoms with Crippen molar-refractivity contribution >= 4 is 15.9 Å². The quantitative estimate of drug-likeness (QED) is 0.712. The Balaban J connectivity index is 1.48. The lowest BCUT2D eigenvalue weighted by molar-refractivity contribution is 0.0953. The van der Waals surface area contributed by atoms with E-state index in [1.54, 1.807) is 12.1 Å². The maximum absolute atomic E-state index is 12.1. The molecule has 1 aliphatic rings. The fourth-order valence-corrected chi connectivity index (χ4v) is 3.82. The summed E-state index contributed by atoms with van der Waals surface area (Å²) in [5.74, 6) is -0.188. The minimum absolute atomic E-state index is 0.0672. The van der Waals surface area contributed by atoms with Crippen molar-refractivity contribution in [2.45, 2.75) is 36.6 Å². The third kappa shape index (κ3) is 5.14. The van der Waals surface area contributed by atoms with Gasteiger partial charge in [0.25, 0.3) is 5.91 Å². The number of amides is 1. The van der Waals surface area contributed by atoms with E-state index in [9.17, 15) is 13.2 Å². The molecule has 6 heteroatoms. The molecule has 0 atom stereocenters. The van der Waals surface area contributed by atoms with Crippen molar-refractivity contribution in [2.24, 2.45) is 0 Å². The van der Waals surface area contributed by atoms with Gasteiger partial charge in [-0.25, -0.2) is 13.1 Å². The lowest BCUT2D eigenvalue weighted by Crippen LogP contribution is -2.26. The van der Waals surface area contributed by atoms with E-state index in [1.165, 1.54) is 17.7 Å². The van der Waals surface area contributed by atoms with Gasteiger partial charge >= 0.3 is 0 Å². The molecule has 0 aromatic heterocycles. The first kappa shape index (κ1) is 17.6. The van der Waals surface area contributed by atoms with Gasteiger partial charge in [-0.1, -0.05) is 30.3 Å². The van der Waals surface area contributed by atoms with E-state index in [1.807, 2.05) is 18.2 Å². The molecule has 0 unspecified atom stereocenters. The molecule has 3 rings (SSSR count). The van der Waals surface area contributed by atoms with E-state index >= 15 is 0 Å². The molecular weight excluding hydrogens is 336 g/mol. The number of aryl methyl sites for hydroxylation is 1. The van der Waals surface area contributed by atoms with Crippen LogP contribution in [0.15, 0.2) is 59.5 Å². The Kier molecular flexibility index (Phi) is 5.50. The summed E-state index contributed by atoms with van der Waals surface area (Å²) in [7, 11) is -3.47. The van der Waals surface area contributed by atoms with Crippen LogP contribution in [-0.4, -0.2) is 26.9 Å². The standard InChI is InChI=1S/C19H22N2O3S/c22-19(20-14-4-7-15-5-2-1-3-6-15)16-8-12-18(13-9-16)25(23,24)21-17-10-11-17/h1-3,5-6,8-9,12-13,17,21H,4,7,10-11,14H2,(H,20,22). The lowest BCUT2D eigenvalue weighted by Gasteiger charge is -2.08. The van der Waals surface area contributed by atoms with Gasteiger partial charge in [0.05, 0.1) is 4.90 Å². The van der Waals surface area contributed by atoms with Crippen molar-refractivity contribution in [3.63, 3.8) is 0 Å². The first-order valence-corrected chi connectivity index (χ1v) is 9.97. The second-order valence-electron chi connectivity index (χ2n) is 6.26. The van der Waals surface area contributed by atoms with Gasteiger partial charge in [-0.3, -0.25) is 4.79 Å². The third-order valence-electron chi connectivity index (χ3n) is 4.10. The number of carbonyl (C=O) groups is 1. The molecule has 132 valence electrons. The second-order valence-corrected chi connectivity index (χ2v) is 7.98. The molecule has 1 aliphatic carbocycles. The molecule has 2 N–H and O–H groups in total. The SMILES string of the molecule is O=C(NCCCc1ccccc1)c1ccc(S(=O)(=O)NC2CC2)cc1. The smallest absolute Gasteiger partial charge is 0.251 e. The molecule has 2 aromatic carbocycles. The first-order chi connectivity index (χ1) is 12.0. The Labute approximate surface area is 148 Å². The number of nitrogens with one attached hydrogen (secondary N) is 2. The molecule has 0 spiro atoms. The van der Waals surface area contributed by atoms with Crippen molar-refractivity contribution in [1.29, 1.82) is 0 Å². The summed E-state index contributed by atoms with van der Waals surface area (Å²) in [6, 6.07) is 16.2. The van der Waals surface area contributed by atoms with Crippen molar-refractivity contribution in [1.82, 2.24) is 10.0 Å². The Morgan fingerprint density at radius 3 is 2.32 bits per heavy atom. The highest BCUT2D eigenvalue weighted by Crippen LogP contribution is 2.22. The van der Waals surface area contributed by atoms with Crippen molar-refractivity contribution in [3.05, 3.63) is 65.7 Å². The molecule has 1 amide bonds. The van der Waals surface area contributed by atoms with Gasteiger partial charge in [0, 0.05) is 18.2 Å². The molecule has 2 aromatic rings. The van der Waals surface area contributed by atoms with Crippen LogP contribution in [0.1, 0.15) is 35.2 Å². The Morgan fingerprint density at radius 1 is 1.00 bits per heavy atom. The highest BCUT2D eigenvalue weighted by atomic mass is 32.2. The number of carbonyl (C=O) groups excluding carboxylic acids is 1. The summed E-state index contributed by atoms with van der Waals surface area (Å²) >= 11 is 0. The van der Waals surface area contributed by atoms with Gasteiger partial charge in [-0.05, 0) is 55.5 Å². The van der Waals surface area contributed by atoms with E-state index in [4.69, 9.17) is 0 Å². The summed E-state index contributed by atoms with van der Waals surface area (Å²) in [4.78, 5) is 12.3. The van der Waals surface area contributed by atoms with Crippen LogP contribution < -0.4 is 10.0 Å². The minimum atomic E-state index is -3.47. The first-order valence-electron chi connectivity index (χ1n) is 8.49. The number of rotatable bonds is 8. The van der Waals surface area contributed by atoms with Gasteiger partial charge in [0.15, 0.2) is 0 Å². The van der Waals surface area contributed by atoms with Crippen LogP contribution >= 0.6 is 0 Å². The molecule has 0 heterocycles. The maximum Gasteiger partial charge on any atom is 0.251 e. The topological polar surface area (TPSA) is 75.3 Å². The van der Waals surface area contributed by atoms with Gasteiger partial charge in [0.2, 0.25) is 10.0 Å². The van der Waals surface area contributed by atoms with E-state index in [0.717, 1.165) is 25.7 Å². The number of hydrogen-bond acceptors (Lipinski definition) is 3. The zero-order chi connectivity index (χ0) is 17.7. The highest BCUT2D eigenvalue weighted by molar-refractivity contribution is 7.89. The minimum Gasteiger partial charge on any atom is -0.352 e. The molecule has 0 bridgehead atoms. The van der Waals surface area contributed by atoms with Crippen molar-refractivity contribution in [3.8, 4) is 0 Å². The zero-order valence-electron chi connectivity index (χ0n) is 13.9. The molecule has 0 radical (unpaired) electrons. The van der Waals surface area contributed by atoms with Crippen LogP contribution in [0.2, 0.25) is 0 Å². The van der Waals surface area contributed by atoms with Crippen molar-refractivity contribution in [2.75, 3.05) is 6.54 Å². The second kappa shape index (κ2) is 7.80. The number of benzene rings is 2. The predicted molar refractivity (Wildman–Crippen MR) is 96.9 cm³/mol. The van der Waals surface area contributed by atoms with Gasteiger partial charge in [-0.15, -0.1) is 0 Å². The van der Waals surface area contributed by atoms with Gasteiger partial charge in [-0.2, -0.15) is 0 Å². The molecule has 0 saturated heterocycles. The molecule has 5 nitrogen and oxygen atoms in total. The largest absolute Gasteiger partial charge is 0.352 e. The average molecular weight is 358 g/mol. The van der Waals surface area contributed by atoms with E-state index in [-0.39, 0.29) is 16.8 Å². The summed E-state index contributed by atoms with van der Waals surface area (Å²) in [6.45, 7) is 0.580. The van der Waals surface area contributed by atoms with Crippen LogP contribution in [0, 0.1) is 0 Å². The fraction of sp³-hybridized carbons (Fsp3) is 0.316. The lowest BCUT2D eigenvalue weighted by atomic mass is 10.1. The predicted octanol–water partition coefficient (Wildman–Crippen LogP) is 2.49. The molecular formula is C19H22N2O3S. The van der Waals surface area contributed by atoms with Crippen LogP contribution in [-0.2, 0) is 16.4 Å². The fourth-order valence-electron chi connectivity index (χ4n) is 2.52. The summed E-state index contributed by atoms with van der Waals surface area (Å²) in [5.41, 5.74) is 1.71. The van der Waals surface area contributed by atoms with Crippen LogP contribution in [0.5, 0.6) is 0 Å². The monoisotopic (exact) mass is 358 g/mol. The van der Waals surface area contributed by atoms with Crippen LogP contribution in [0.3, 0.4) is 0 Å². The van der Waals surface area contributed by atoms with Crippen molar-refractivity contribution < 1.29 is 13.2 Å². The summed E-state index contributed by atoms with van der Waals surface area (Å²) in [6.07, 6.45) is 3.55. The highest BCUT2D eigenvalue weighted by Gasteiger charge is 2.27. The van der Waals surface area contributed by atoms with Crippen LogP contribution in [0.4, 0.5) is 0 Å². The Bertz CT molecular complexity index is 814. The summed E-state index contributed by atoms with van der Waals surface area (Å²) < 4.78 is 26.8. The average Bonchev–Trinajstić information content (AvgIpc) is 3.43. The zero-order valence-corrected chi connectivity index (χ0v) is 14.8. The maximum atomic E-state index is 12.1. The molecule has 1 fully saturated rings. The van der Waals surface area contributed by atoms with Gasteiger partial charge in [0.1, 0.15) is 0 Å². The summed E-state index contributed by atoms with van der Waals surface area (Å²) in [5, 5.41) is 2.87. The third-order valence-corrected chi connectivity index (χ3v) is 5.63. The van der Waals surface area contributed by atoms with Gasteiger partial charge < -0.3 is 5.32 Å². The van der Waals surface area contributed by atoms with E-state index in [0.29, 0.717) is 12.1 Å². The van der Waals surface area contributed by atoms with E-state index < -0.39 is 10.0 Å². The molecule has 0 aliphatic heterocycles.